The molecule has 102 valence electrons. The van der Waals surface area contributed by atoms with Crippen LogP contribution in [0, 0.1) is 0 Å². The highest BCUT2D eigenvalue weighted by Gasteiger charge is 2.20. The minimum absolute atomic E-state index is 0.0867. The summed E-state index contributed by atoms with van der Waals surface area (Å²) >= 11 is 8.02. The Morgan fingerprint density at radius 2 is 2.11 bits per heavy atom. The largest absolute Gasteiger partial charge is 0.496 e. The highest BCUT2D eigenvalue weighted by molar-refractivity contribution is 7.10. The zero-order valence-corrected chi connectivity index (χ0v) is 12.7. The molecule has 0 aliphatic rings. The Balaban J connectivity index is 2.39. The molecule has 2 nitrogen and oxygen atoms in total. The van der Waals surface area contributed by atoms with Crippen molar-refractivity contribution in [2.75, 3.05) is 13.7 Å². The Hall–Kier alpha value is -1.03. The molecule has 0 bridgehead atoms. The van der Waals surface area contributed by atoms with Gasteiger partial charge in [-0.1, -0.05) is 36.7 Å². The van der Waals surface area contributed by atoms with Gasteiger partial charge < -0.3 is 10.1 Å². The second-order valence-electron chi connectivity index (χ2n) is 4.26. The number of benzene rings is 1. The lowest BCUT2D eigenvalue weighted by atomic mass is 10.0. The van der Waals surface area contributed by atoms with Crippen LogP contribution in [0.5, 0.6) is 5.75 Å². The van der Waals surface area contributed by atoms with Crippen molar-refractivity contribution < 1.29 is 4.74 Å². The highest BCUT2D eigenvalue weighted by Crippen LogP contribution is 2.37. The topological polar surface area (TPSA) is 21.3 Å². The first kappa shape index (κ1) is 14.4. The molecule has 1 aromatic heterocycles. The van der Waals surface area contributed by atoms with Gasteiger partial charge in [0.05, 0.1) is 18.0 Å². The maximum atomic E-state index is 6.33. The molecule has 1 atom stereocenters. The second kappa shape index (κ2) is 6.94. The van der Waals surface area contributed by atoms with Gasteiger partial charge in [-0.3, -0.25) is 0 Å². The van der Waals surface area contributed by atoms with Gasteiger partial charge in [0, 0.05) is 5.02 Å². The summed E-state index contributed by atoms with van der Waals surface area (Å²) in [6, 6.07) is 10.0. The minimum Gasteiger partial charge on any atom is -0.496 e. The molecular weight excluding hydrogens is 278 g/mol. The summed E-state index contributed by atoms with van der Waals surface area (Å²) in [4.78, 5) is 1.17. The van der Waals surface area contributed by atoms with E-state index in [2.05, 4.69) is 18.3 Å². The predicted octanol–water partition coefficient (Wildman–Crippen LogP) is 4.50. The van der Waals surface area contributed by atoms with Gasteiger partial charge in [0.2, 0.25) is 0 Å². The Kier molecular flexibility index (Phi) is 5.25. The number of halogens is 1. The van der Waals surface area contributed by atoms with Crippen LogP contribution in [-0.4, -0.2) is 13.7 Å². The van der Waals surface area contributed by atoms with Gasteiger partial charge in [-0.25, -0.2) is 0 Å². The van der Waals surface area contributed by atoms with Gasteiger partial charge in [-0.05, 0) is 36.0 Å². The van der Waals surface area contributed by atoms with Gasteiger partial charge in [0.1, 0.15) is 5.75 Å². The fraction of sp³-hybridized carbons (Fsp3) is 0.333. The lowest BCUT2D eigenvalue weighted by molar-refractivity contribution is 0.407. The van der Waals surface area contributed by atoms with E-state index in [1.807, 2.05) is 29.6 Å². The molecule has 0 fully saturated rings. The van der Waals surface area contributed by atoms with Crippen LogP contribution in [0.1, 0.15) is 29.8 Å². The average molecular weight is 296 g/mol. The summed E-state index contributed by atoms with van der Waals surface area (Å²) in [5, 5.41) is 6.38. The van der Waals surface area contributed by atoms with Crippen LogP contribution in [0.25, 0.3) is 0 Å². The number of hydrogen-bond donors (Lipinski definition) is 1. The Morgan fingerprint density at radius 3 is 2.79 bits per heavy atom. The van der Waals surface area contributed by atoms with E-state index in [0.717, 1.165) is 29.3 Å². The predicted molar refractivity (Wildman–Crippen MR) is 82.5 cm³/mol. The van der Waals surface area contributed by atoms with Crippen molar-refractivity contribution >= 4 is 22.9 Å². The summed E-state index contributed by atoms with van der Waals surface area (Å²) in [5.41, 5.74) is 1.10. The fourth-order valence-electron chi connectivity index (χ4n) is 2.03. The standard InChI is InChI=1S/C15H18ClNOS/c1-3-9-17-14(11-6-4-5-7-12(11)16)15-13(18-2)8-10-19-15/h4-8,10,14,17H,3,9H2,1-2H3. The first-order valence-electron chi connectivity index (χ1n) is 6.37. The minimum atomic E-state index is 0.0867. The Morgan fingerprint density at radius 1 is 1.32 bits per heavy atom. The van der Waals surface area contributed by atoms with Gasteiger partial charge >= 0.3 is 0 Å². The summed E-state index contributed by atoms with van der Waals surface area (Å²) in [5.74, 6) is 0.915. The van der Waals surface area contributed by atoms with Gasteiger partial charge in [-0.2, -0.15) is 0 Å². The molecule has 0 amide bonds. The number of methoxy groups -OCH3 is 1. The number of nitrogens with one attached hydrogen (secondary N) is 1. The van der Waals surface area contributed by atoms with Gasteiger partial charge in [0.25, 0.3) is 0 Å². The van der Waals surface area contributed by atoms with Crippen LogP contribution >= 0.6 is 22.9 Å². The molecule has 4 heteroatoms. The third-order valence-electron chi connectivity index (χ3n) is 2.95. The van der Waals surface area contributed by atoms with E-state index in [1.54, 1.807) is 18.4 Å². The van der Waals surface area contributed by atoms with Crippen LogP contribution < -0.4 is 10.1 Å². The molecule has 1 N–H and O–H groups in total. The quantitative estimate of drug-likeness (QED) is 0.847. The van der Waals surface area contributed by atoms with Crippen LogP contribution in [0.3, 0.4) is 0 Å². The highest BCUT2D eigenvalue weighted by atomic mass is 35.5. The monoisotopic (exact) mass is 295 g/mol. The third-order valence-corrected chi connectivity index (χ3v) is 4.26. The molecule has 2 rings (SSSR count). The van der Waals surface area contributed by atoms with Crippen molar-refractivity contribution in [2.24, 2.45) is 0 Å². The molecule has 0 radical (unpaired) electrons. The van der Waals surface area contributed by atoms with E-state index in [4.69, 9.17) is 16.3 Å². The third kappa shape index (κ3) is 3.30. The molecule has 0 spiro atoms. The van der Waals surface area contributed by atoms with E-state index < -0.39 is 0 Å². The fourth-order valence-corrected chi connectivity index (χ4v) is 3.23. The smallest absolute Gasteiger partial charge is 0.134 e. The zero-order valence-electron chi connectivity index (χ0n) is 11.2. The van der Waals surface area contributed by atoms with E-state index in [9.17, 15) is 0 Å². The first-order chi connectivity index (χ1) is 9.27. The van der Waals surface area contributed by atoms with E-state index in [1.165, 1.54) is 4.88 Å². The van der Waals surface area contributed by atoms with E-state index in [0.29, 0.717) is 0 Å². The van der Waals surface area contributed by atoms with Crippen molar-refractivity contribution in [3.63, 3.8) is 0 Å². The molecule has 0 saturated carbocycles. The summed E-state index contributed by atoms with van der Waals surface area (Å²) < 4.78 is 5.43. The summed E-state index contributed by atoms with van der Waals surface area (Å²) in [6.45, 7) is 3.10. The lowest BCUT2D eigenvalue weighted by Crippen LogP contribution is -2.23. The van der Waals surface area contributed by atoms with Crippen molar-refractivity contribution in [3.05, 3.63) is 51.2 Å². The maximum absolute atomic E-state index is 6.33. The molecule has 1 aromatic carbocycles. The molecular formula is C15H18ClNOS. The molecule has 0 aliphatic heterocycles. The first-order valence-corrected chi connectivity index (χ1v) is 7.62. The van der Waals surface area contributed by atoms with Crippen LogP contribution in [-0.2, 0) is 0 Å². The van der Waals surface area contributed by atoms with Gasteiger partial charge in [0.15, 0.2) is 0 Å². The van der Waals surface area contributed by atoms with Crippen molar-refractivity contribution in [2.45, 2.75) is 19.4 Å². The number of rotatable bonds is 6. The normalized spacial score (nSPS) is 12.4. The number of ether oxygens (including phenoxy) is 1. The molecule has 1 heterocycles. The lowest BCUT2D eigenvalue weighted by Gasteiger charge is -2.20. The number of hydrogen-bond acceptors (Lipinski definition) is 3. The van der Waals surface area contributed by atoms with Crippen molar-refractivity contribution in [1.82, 2.24) is 5.32 Å². The average Bonchev–Trinajstić information content (AvgIpc) is 2.89. The molecule has 19 heavy (non-hydrogen) atoms. The summed E-state index contributed by atoms with van der Waals surface area (Å²) in [6.07, 6.45) is 1.08. The number of thiophene rings is 1. The van der Waals surface area contributed by atoms with Crippen molar-refractivity contribution in [3.8, 4) is 5.75 Å². The van der Waals surface area contributed by atoms with Crippen molar-refractivity contribution in [1.29, 1.82) is 0 Å². The Bertz CT molecular complexity index is 526. The van der Waals surface area contributed by atoms with E-state index >= 15 is 0 Å². The molecule has 0 saturated heterocycles. The molecule has 0 aliphatic carbocycles. The molecule has 2 aromatic rings. The molecule has 1 unspecified atom stereocenters. The van der Waals surface area contributed by atoms with Crippen LogP contribution in [0.15, 0.2) is 35.7 Å². The maximum Gasteiger partial charge on any atom is 0.134 e. The second-order valence-corrected chi connectivity index (χ2v) is 5.62. The van der Waals surface area contributed by atoms with Crippen LogP contribution in [0.2, 0.25) is 5.02 Å². The SMILES string of the molecule is CCCNC(c1ccccc1Cl)c1sccc1OC. The van der Waals surface area contributed by atoms with Gasteiger partial charge in [-0.15, -0.1) is 11.3 Å². The Labute approximate surface area is 123 Å². The van der Waals surface area contributed by atoms with Crippen LogP contribution in [0.4, 0.5) is 0 Å². The zero-order chi connectivity index (χ0) is 13.7. The summed E-state index contributed by atoms with van der Waals surface area (Å²) in [7, 11) is 1.70. The van der Waals surface area contributed by atoms with E-state index in [-0.39, 0.29) is 6.04 Å².